The van der Waals surface area contributed by atoms with Gasteiger partial charge in [-0.15, -0.1) is 0 Å². The summed E-state index contributed by atoms with van der Waals surface area (Å²) in [5, 5.41) is 10.8. The molecule has 1 amide bonds. The maximum Gasteiger partial charge on any atom is 0.410 e. The van der Waals surface area contributed by atoms with Crippen LogP contribution in [0, 0.1) is 10.1 Å². The molecule has 0 aromatic heterocycles. The Morgan fingerprint density at radius 3 is 2.26 bits per heavy atom. The van der Waals surface area contributed by atoms with E-state index < -0.39 is 28.7 Å². The summed E-state index contributed by atoms with van der Waals surface area (Å²) in [4.78, 5) is 37.2. The van der Waals surface area contributed by atoms with Gasteiger partial charge in [-0.2, -0.15) is 0 Å². The Kier molecular flexibility index (Phi) is 6.58. The third-order valence-corrected chi connectivity index (χ3v) is 4.92. The predicted molar refractivity (Wildman–Crippen MR) is 114 cm³/mol. The number of rotatable bonds is 4. The Hall–Kier alpha value is -3.42. The quantitative estimate of drug-likeness (QED) is 0.404. The second-order valence-corrected chi connectivity index (χ2v) is 8.56. The minimum absolute atomic E-state index is 0.0165. The molecule has 1 aliphatic heterocycles. The second kappa shape index (κ2) is 9.16. The van der Waals surface area contributed by atoms with Gasteiger partial charge in [-0.25, -0.2) is 9.59 Å². The smallest absolute Gasteiger partial charge is 0.410 e. The second-order valence-electron chi connectivity index (χ2n) is 8.56. The number of ether oxygens (including phenoxy) is 2. The molecule has 0 saturated carbocycles. The van der Waals surface area contributed by atoms with Crippen molar-refractivity contribution < 1.29 is 24.0 Å². The van der Waals surface area contributed by atoms with Gasteiger partial charge in [0.1, 0.15) is 11.7 Å². The number of hydrogen-bond donors (Lipinski definition) is 0. The molecule has 0 radical (unpaired) electrons. The minimum atomic E-state index is -0.637. The molecule has 2 atom stereocenters. The molecule has 0 bridgehead atoms. The van der Waals surface area contributed by atoms with Crippen molar-refractivity contribution in [1.29, 1.82) is 0 Å². The maximum atomic E-state index is 12.7. The number of hydrogen-bond acceptors (Lipinski definition) is 6. The summed E-state index contributed by atoms with van der Waals surface area (Å²) in [7, 11) is 0. The molecule has 1 fully saturated rings. The third kappa shape index (κ3) is 6.04. The SMILES string of the molecule is CC(C)(C)OC(=O)N1CC(OC(=O)c2ccc([N+](=O)[O-])cc2)CC(c2ccccc2)C1. The number of amides is 1. The highest BCUT2D eigenvalue weighted by Crippen LogP contribution is 2.30. The van der Waals surface area contributed by atoms with Crippen molar-refractivity contribution in [1.82, 2.24) is 4.90 Å². The number of carbonyl (C=O) groups excluding carboxylic acids is 2. The molecule has 1 saturated heterocycles. The van der Waals surface area contributed by atoms with E-state index in [2.05, 4.69) is 0 Å². The van der Waals surface area contributed by atoms with Crippen molar-refractivity contribution >= 4 is 17.7 Å². The largest absolute Gasteiger partial charge is 0.457 e. The average Bonchev–Trinajstić information content (AvgIpc) is 2.73. The minimum Gasteiger partial charge on any atom is -0.457 e. The van der Waals surface area contributed by atoms with Crippen LogP contribution in [0.2, 0.25) is 0 Å². The van der Waals surface area contributed by atoms with Gasteiger partial charge in [0.05, 0.1) is 17.0 Å². The lowest BCUT2D eigenvalue weighted by atomic mass is 9.89. The van der Waals surface area contributed by atoms with Crippen LogP contribution in [0.25, 0.3) is 0 Å². The van der Waals surface area contributed by atoms with Crippen LogP contribution in [0.4, 0.5) is 10.5 Å². The highest BCUT2D eigenvalue weighted by atomic mass is 16.6. The zero-order valence-corrected chi connectivity index (χ0v) is 17.8. The van der Waals surface area contributed by atoms with Crippen LogP contribution in [-0.4, -0.2) is 46.7 Å². The Morgan fingerprint density at radius 2 is 1.68 bits per heavy atom. The van der Waals surface area contributed by atoms with Gasteiger partial charge in [0.2, 0.25) is 0 Å². The number of likely N-dealkylation sites (tertiary alicyclic amines) is 1. The topological polar surface area (TPSA) is 99.0 Å². The normalized spacial score (nSPS) is 18.9. The molecule has 8 nitrogen and oxygen atoms in total. The van der Waals surface area contributed by atoms with Crippen molar-refractivity contribution in [3.63, 3.8) is 0 Å². The first-order chi connectivity index (χ1) is 14.6. The maximum absolute atomic E-state index is 12.7. The molecule has 0 spiro atoms. The lowest BCUT2D eigenvalue weighted by molar-refractivity contribution is -0.384. The summed E-state index contributed by atoms with van der Waals surface area (Å²) in [5.41, 5.74) is 0.527. The number of nitro benzene ring substituents is 1. The van der Waals surface area contributed by atoms with Crippen molar-refractivity contribution in [2.45, 2.75) is 44.8 Å². The summed E-state index contributed by atoms with van der Waals surface area (Å²) >= 11 is 0. The first-order valence-electron chi connectivity index (χ1n) is 10.1. The number of carbonyl (C=O) groups is 2. The number of benzene rings is 2. The van der Waals surface area contributed by atoms with Crippen molar-refractivity contribution in [3.05, 3.63) is 75.8 Å². The highest BCUT2D eigenvalue weighted by molar-refractivity contribution is 5.89. The van der Waals surface area contributed by atoms with Crippen LogP contribution >= 0.6 is 0 Å². The van der Waals surface area contributed by atoms with E-state index in [1.54, 1.807) is 25.7 Å². The van der Waals surface area contributed by atoms with E-state index in [1.165, 1.54) is 24.3 Å². The average molecular weight is 426 g/mol. The standard InChI is InChI=1S/C23H26N2O6/c1-23(2,3)31-22(27)24-14-18(16-7-5-4-6-8-16)13-20(15-24)30-21(26)17-9-11-19(12-10-17)25(28)29/h4-12,18,20H,13-15H2,1-3H3. The molecule has 1 aliphatic rings. The molecule has 0 aliphatic carbocycles. The van der Waals surface area contributed by atoms with Crippen molar-refractivity contribution in [3.8, 4) is 0 Å². The van der Waals surface area contributed by atoms with E-state index in [0.29, 0.717) is 13.0 Å². The highest BCUT2D eigenvalue weighted by Gasteiger charge is 2.35. The lowest BCUT2D eigenvalue weighted by Gasteiger charge is -2.38. The fraction of sp³-hybridized carbons (Fsp3) is 0.391. The van der Waals surface area contributed by atoms with Crippen molar-refractivity contribution in [2.24, 2.45) is 0 Å². The first kappa shape index (κ1) is 22.3. The number of piperidine rings is 1. The van der Waals surface area contributed by atoms with Crippen molar-refractivity contribution in [2.75, 3.05) is 13.1 Å². The molecular formula is C23H26N2O6. The van der Waals surface area contributed by atoms with Gasteiger partial charge in [0.25, 0.3) is 5.69 Å². The Balaban J connectivity index is 1.76. The van der Waals surface area contributed by atoms with Gasteiger partial charge in [-0.3, -0.25) is 10.1 Å². The molecule has 2 unspecified atom stereocenters. The molecule has 3 rings (SSSR count). The summed E-state index contributed by atoms with van der Waals surface area (Å²) in [6, 6.07) is 15.0. The Bertz CT molecular complexity index is 937. The fourth-order valence-corrected chi connectivity index (χ4v) is 3.52. The molecule has 8 heteroatoms. The molecule has 164 valence electrons. The van der Waals surface area contributed by atoms with Gasteiger partial charge in [-0.05, 0) is 44.9 Å². The van der Waals surface area contributed by atoms with Gasteiger partial charge in [-0.1, -0.05) is 30.3 Å². The van der Waals surface area contributed by atoms with E-state index in [1.807, 2.05) is 30.3 Å². The van der Waals surface area contributed by atoms with Crippen LogP contribution in [-0.2, 0) is 9.47 Å². The fourth-order valence-electron chi connectivity index (χ4n) is 3.52. The molecule has 2 aromatic rings. The van der Waals surface area contributed by atoms with Crippen LogP contribution in [0.1, 0.15) is 49.0 Å². The number of nitrogens with zero attached hydrogens (tertiary/aromatic N) is 2. The summed E-state index contributed by atoms with van der Waals surface area (Å²) in [5.74, 6) is -0.602. The third-order valence-electron chi connectivity index (χ3n) is 4.92. The first-order valence-corrected chi connectivity index (χ1v) is 10.1. The van der Waals surface area contributed by atoms with Gasteiger partial charge in [0.15, 0.2) is 0 Å². The Labute approximate surface area is 180 Å². The summed E-state index contributed by atoms with van der Waals surface area (Å²) < 4.78 is 11.2. The molecular weight excluding hydrogens is 400 g/mol. The van der Waals surface area contributed by atoms with Gasteiger partial charge >= 0.3 is 12.1 Å². The lowest BCUT2D eigenvalue weighted by Crippen LogP contribution is -2.48. The number of nitro groups is 1. The molecule has 1 heterocycles. The zero-order valence-electron chi connectivity index (χ0n) is 17.8. The van der Waals surface area contributed by atoms with E-state index in [-0.39, 0.29) is 23.7 Å². The number of esters is 1. The van der Waals surface area contributed by atoms with Crippen LogP contribution in [0.3, 0.4) is 0 Å². The molecule has 31 heavy (non-hydrogen) atoms. The summed E-state index contributed by atoms with van der Waals surface area (Å²) in [6.45, 7) is 6.09. The van der Waals surface area contributed by atoms with Gasteiger partial charge in [0, 0.05) is 24.6 Å². The summed E-state index contributed by atoms with van der Waals surface area (Å²) in [6.07, 6.45) is -0.430. The molecule has 2 aromatic carbocycles. The molecule has 0 N–H and O–H groups in total. The van der Waals surface area contributed by atoms with Crippen LogP contribution in [0.15, 0.2) is 54.6 Å². The predicted octanol–water partition coefficient (Wildman–Crippen LogP) is 4.54. The Morgan fingerprint density at radius 1 is 1.03 bits per heavy atom. The van der Waals surface area contributed by atoms with Gasteiger partial charge < -0.3 is 14.4 Å². The monoisotopic (exact) mass is 426 g/mol. The zero-order chi connectivity index (χ0) is 22.6. The van der Waals surface area contributed by atoms with Crippen LogP contribution in [0.5, 0.6) is 0 Å². The van der Waals surface area contributed by atoms with E-state index in [9.17, 15) is 19.7 Å². The van der Waals surface area contributed by atoms with E-state index in [0.717, 1.165) is 5.56 Å². The van der Waals surface area contributed by atoms with E-state index >= 15 is 0 Å². The number of non-ortho nitro benzene ring substituents is 1. The van der Waals surface area contributed by atoms with E-state index in [4.69, 9.17) is 9.47 Å². The van der Waals surface area contributed by atoms with Crippen LogP contribution < -0.4 is 0 Å².